The van der Waals surface area contributed by atoms with E-state index in [0.29, 0.717) is 63.9 Å². The van der Waals surface area contributed by atoms with Crippen LogP contribution in [0, 0.1) is 11.6 Å². The van der Waals surface area contributed by atoms with Gasteiger partial charge in [-0.3, -0.25) is 24.0 Å². The molecule has 2 aliphatic rings. The molecule has 0 atom stereocenters. The van der Waals surface area contributed by atoms with Gasteiger partial charge >= 0.3 is 0 Å². The molecule has 0 bridgehead atoms. The third kappa shape index (κ3) is 7.15. The van der Waals surface area contributed by atoms with E-state index in [-0.39, 0.29) is 23.5 Å². The van der Waals surface area contributed by atoms with Crippen LogP contribution in [-0.4, -0.2) is 66.3 Å². The first-order valence-corrected chi connectivity index (χ1v) is 16.4. The second-order valence-corrected chi connectivity index (χ2v) is 12.2. The molecule has 2 aromatic heterocycles. The van der Waals surface area contributed by atoms with Gasteiger partial charge in [0.25, 0.3) is 5.56 Å². The molecule has 1 fully saturated rings. The van der Waals surface area contributed by atoms with Crippen molar-refractivity contribution in [1.29, 1.82) is 0 Å². The molecule has 0 spiro atoms. The van der Waals surface area contributed by atoms with E-state index in [1.165, 1.54) is 41.0 Å². The van der Waals surface area contributed by atoms with E-state index in [0.717, 1.165) is 39.3 Å². The van der Waals surface area contributed by atoms with Crippen molar-refractivity contribution in [3.8, 4) is 28.7 Å². The lowest BCUT2D eigenvalue weighted by Crippen LogP contribution is -2.37. The van der Waals surface area contributed by atoms with Gasteiger partial charge in [0.2, 0.25) is 0 Å². The van der Waals surface area contributed by atoms with E-state index in [2.05, 4.69) is 9.88 Å². The number of fused-ring (bicyclic) bond motifs is 2. The normalized spacial score (nSPS) is 14.4. The third-order valence-corrected chi connectivity index (χ3v) is 8.85. The molecule has 9 nitrogen and oxygen atoms in total. The zero-order valence-electron chi connectivity index (χ0n) is 26.4. The Labute approximate surface area is 285 Å². The van der Waals surface area contributed by atoms with Gasteiger partial charge in [0.05, 0.1) is 37.0 Å². The predicted molar refractivity (Wildman–Crippen MR) is 180 cm³/mol. The molecule has 3 aromatic carbocycles. The molecule has 252 valence electrons. The van der Waals surface area contributed by atoms with E-state index in [1.54, 1.807) is 36.7 Å². The van der Waals surface area contributed by atoms with Gasteiger partial charge in [-0.1, -0.05) is 17.7 Å². The lowest BCUT2D eigenvalue weighted by Gasteiger charge is -2.26. The Morgan fingerprint density at radius 3 is 2.57 bits per heavy atom. The standard InChI is InChI=1S/C37H32ClF2N3O6/c38-28-20-27-30(21-34(28)47-14-1-11-42-12-16-46-17-13-42)41-10-8-32(27)49-33-7-2-23(18-29(33)40)19-31(44)35-36-24(9-15-48-36)22-43(37(35)45)26-5-3-25(39)4-6-26/h2-8,10,18,20-22H,1,9,11-17,19H2. The maximum Gasteiger partial charge on any atom is 0.269 e. The number of aromatic nitrogens is 2. The second kappa shape index (κ2) is 14.3. The number of carbonyl (C=O) groups is 1. The molecule has 0 aliphatic carbocycles. The summed E-state index contributed by atoms with van der Waals surface area (Å²) in [7, 11) is 0. The van der Waals surface area contributed by atoms with E-state index in [9.17, 15) is 14.0 Å². The zero-order valence-corrected chi connectivity index (χ0v) is 27.2. The number of hydrogen-bond donors (Lipinski definition) is 0. The minimum absolute atomic E-state index is 0.0640. The fourth-order valence-electron chi connectivity index (χ4n) is 6.04. The number of hydrogen-bond acceptors (Lipinski definition) is 8. The van der Waals surface area contributed by atoms with Gasteiger partial charge < -0.3 is 18.9 Å². The highest BCUT2D eigenvalue weighted by Crippen LogP contribution is 2.36. The number of halogens is 3. The number of pyridine rings is 2. The summed E-state index contributed by atoms with van der Waals surface area (Å²) in [4.78, 5) is 33.8. The fourth-order valence-corrected chi connectivity index (χ4v) is 6.26. The van der Waals surface area contributed by atoms with Gasteiger partial charge in [-0.2, -0.15) is 0 Å². The Morgan fingerprint density at radius 2 is 1.78 bits per heavy atom. The van der Waals surface area contributed by atoms with E-state index in [4.69, 9.17) is 30.5 Å². The molecule has 0 radical (unpaired) electrons. The molecular formula is C37H32ClF2N3O6. The topological polar surface area (TPSA) is 92.1 Å². The number of nitrogens with zero attached hydrogens (tertiary/aromatic N) is 3. The number of carbonyl (C=O) groups excluding carboxylic acids is 1. The van der Waals surface area contributed by atoms with Crippen molar-refractivity contribution >= 4 is 28.3 Å². The van der Waals surface area contributed by atoms with Crippen LogP contribution < -0.4 is 19.8 Å². The van der Waals surface area contributed by atoms with Crippen molar-refractivity contribution in [2.45, 2.75) is 19.3 Å². The first-order chi connectivity index (χ1) is 23.8. The average Bonchev–Trinajstić information content (AvgIpc) is 3.57. The highest BCUT2D eigenvalue weighted by atomic mass is 35.5. The summed E-state index contributed by atoms with van der Waals surface area (Å²) >= 11 is 6.56. The number of Topliss-reactive ketones (excluding diaryl/α,β-unsaturated/α-hetero) is 1. The van der Waals surface area contributed by atoms with Crippen LogP contribution in [0.4, 0.5) is 8.78 Å². The Hall–Kier alpha value is -4.84. The smallest absolute Gasteiger partial charge is 0.269 e. The average molecular weight is 688 g/mol. The quantitative estimate of drug-likeness (QED) is 0.114. The lowest BCUT2D eigenvalue weighted by molar-refractivity contribution is 0.0358. The predicted octanol–water partition coefficient (Wildman–Crippen LogP) is 6.57. The van der Waals surface area contributed by atoms with Crippen molar-refractivity contribution in [3.63, 3.8) is 0 Å². The van der Waals surface area contributed by atoms with Gasteiger partial charge in [-0.15, -0.1) is 0 Å². The van der Waals surface area contributed by atoms with Crippen molar-refractivity contribution < 1.29 is 32.5 Å². The minimum atomic E-state index is -0.695. The van der Waals surface area contributed by atoms with Gasteiger partial charge in [0.15, 0.2) is 17.3 Å². The largest absolute Gasteiger partial charge is 0.492 e. The first-order valence-electron chi connectivity index (χ1n) is 16.0. The SMILES string of the molecule is O=C(Cc1ccc(Oc2ccnc3cc(OCCCN4CCOCC4)c(Cl)cc23)c(F)c1)c1c2c(cn(-c3ccc(F)cc3)c1=O)CCO2. The van der Waals surface area contributed by atoms with Crippen LogP contribution in [0.15, 0.2) is 77.9 Å². The van der Waals surface area contributed by atoms with Gasteiger partial charge in [0.1, 0.15) is 28.6 Å². The Bertz CT molecular complexity index is 2080. The summed E-state index contributed by atoms with van der Waals surface area (Å²) in [5, 5.41) is 0.947. The maximum absolute atomic E-state index is 15.4. The lowest BCUT2D eigenvalue weighted by atomic mass is 10.0. The monoisotopic (exact) mass is 687 g/mol. The second-order valence-electron chi connectivity index (χ2n) is 11.8. The summed E-state index contributed by atoms with van der Waals surface area (Å²) in [6.45, 7) is 5.04. The van der Waals surface area contributed by atoms with Crippen LogP contribution in [0.25, 0.3) is 16.6 Å². The molecule has 0 amide bonds. The van der Waals surface area contributed by atoms with Crippen molar-refractivity contribution in [2.24, 2.45) is 0 Å². The number of ether oxygens (including phenoxy) is 4. The van der Waals surface area contributed by atoms with Crippen LogP contribution in [0.5, 0.6) is 23.0 Å². The molecule has 0 saturated carbocycles. The van der Waals surface area contributed by atoms with E-state index < -0.39 is 23.0 Å². The summed E-state index contributed by atoms with van der Waals surface area (Å²) in [6, 6.07) is 14.6. The fraction of sp³-hybridized carbons (Fsp3) is 0.270. The molecule has 0 N–H and O–H groups in total. The third-order valence-electron chi connectivity index (χ3n) is 8.55. The van der Waals surface area contributed by atoms with Crippen LogP contribution in [0.1, 0.15) is 27.9 Å². The molecule has 5 aromatic rings. The molecule has 4 heterocycles. The Kier molecular flexibility index (Phi) is 9.56. The summed E-state index contributed by atoms with van der Waals surface area (Å²) in [6.07, 6.45) is 4.26. The summed E-state index contributed by atoms with van der Waals surface area (Å²) in [5.41, 5.74) is 1.29. The molecule has 2 aliphatic heterocycles. The van der Waals surface area contributed by atoms with Gasteiger partial charge in [0, 0.05) is 67.6 Å². The van der Waals surface area contributed by atoms with Crippen molar-refractivity contribution in [2.75, 3.05) is 46.1 Å². The highest BCUT2D eigenvalue weighted by molar-refractivity contribution is 6.33. The number of rotatable bonds is 11. The number of morpholine rings is 1. The maximum atomic E-state index is 15.4. The van der Waals surface area contributed by atoms with Gasteiger partial charge in [-0.25, -0.2) is 8.78 Å². The minimum Gasteiger partial charge on any atom is -0.492 e. The summed E-state index contributed by atoms with van der Waals surface area (Å²) < 4.78 is 53.2. The number of benzene rings is 3. The first kappa shape index (κ1) is 32.7. The molecule has 12 heteroatoms. The van der Waals surface area contributed by atoms with Crippen LogP contribution in [-0.2, 0) is 17.6 Å². The Morgan fingerprint density at radius 1 is 0.959 bits per heavy atom. The number of ketones is 1. The summed E-state index contributed by atoms with van der Waals surface area (Å²) in [5.74, 6) is -0.657. The van der Waals surface area contributed by atoms with Crippen molar-refractivity contribution in [1.82, 2.24) is 14.5 Å². The molecule has 1 saturated heterocycles. The highest BCUT2D eigenvalue weighted by Gasteiger charge is 2.27. The molecule has 7 rings (SSSR count). The van der Waals surface area contributed by atoms with Crippen molar-refractivity contribution in [3.05, 3.63) is 117 Å². The molecule has 49 heavy (non-hydrogen) atoms. The van der Waals surface area contributed by atoms with E-state index in [1.807, 2.05) is 0 Å². The Balaban J connectivity index is 1.06. The molecular weight excluding hydrogens is 656 g/mol. The van der Waals surface area contributed by atoms with Gasteiger partial charge in [-0.05, 0) is 60.5 Å². The van der Waals surface area contributed by atoms with Crippen LogP contribution in [0.2, 0.25) is 5.02 Å². The molecule has 0 unspecified atom stereocenters. The van der Waals surface area contributed by atoms with Crippen LogP contribution >= 0.6 is 11.6 Å². The van der Waals surface area contributed by atoms with Crippen LogP contribution in [0.3, 0.4) is 0 Å². The van der Waals surface area contributed by atoms with E-state index >= 15 is 4.39 Å². The zero-order chi connectivity index (χ0) is 33.9.